The van der Waals surface area contributed by atoms with Crippen molar-refractivity contribution in [2.45, 2.75) is 32.2 Å². The quantitative estimate of drug-likeness (QED) is 0.854. The minimum atomic E-state index is -0.281. The molecule has 1 aromatic carbocycles. The van der Waals surface area contributed by atoms with Crippen LogP contribution in [0.25, 0.3) is 0 Å². The van der Waals surface area contributed by atoms with E-state index in [9.17, 15) is 4.79 Å². The van der Waals surface area contributed by atoms with E-state index in [4.69, 9.17) is 4.74 Å². The fourth-order valence-corrected chi connectivity index (χ4v) is 2.75. The molecule has 130 valence electrons. The van der Waals surface area contributed by atoms with Crippen LogP contribution >= 0.6 is 12.4 Å². The van der Waals surface area contributed by atoms with Gasteiger partial charge in [-0.3, -0.25) is 9.48 Å². The monoisotopic (exact) mass is 350 g/mol. The van der Waals surface area contributed by atoms with Crippen molar-refractivity contribution >= 4 is 18.3 Å². The van der Waals surface area contributed by atoms with E-state index < -0.39 is 0 Å². The van der Waals surface area contributed by atoms with E-state index in [0.29, 0.717) is 19.7 Å². The maximum atomic E-state index is 12.3. The maximum absolute atomic E-state index is 12.3. The third-order valence-corrected chi connectivity index (χ3v) is 3.96. The summed E-state index contributed by atoms with van der Waals surface area (Å²) in [5.74, 6) is -0.0188. The van der Waals surface area contributed by atoms with Crippen molar-refractivity contribution in [2.75, 3.05) is 13.2 Å². The molecule has 1 fully saturated rings. The van der Waals surface area contributed by atoms with E-state index in [2.05, 4.69) is 27.9 Å². The molecule has 7 heteroatoms. The van der Waals surface area contributed by atoms with Crippen molar-refractivity contribution in [3.05, 3.63) is 53.9 Å². The van der Waals surface area contributed by atoms with Crippen molar-refractivity contribution in [2.24, 2.45) is 0 Å². The van der Waals surface area contributed by atoms with Gasteiger partial charge in [-0.05, 0) is 24.1 Å². The molecule has 24 heavy (non-hydrogen) atoms. The Balaban J connectivity index is 0.00000208. The number of hydrogen-bond acceptors (Lipinski definition) is 4. The summed E-state index contributed by atoms with van der Waals surface area (Å²) in [7, 11) is 0. The Bertz CT molecular complexity index is 648. The molecule has 0 bridgehead atoms. The lowest BCUT2D eigenvalue weighted by atomic mass is 10.1. The number of amides is 1. The SMILES string of the molecule is C[C@H]1OCCN[C@@H]1C(=O)NCc1cccc(Cn2cccn2)c1.Cl. The van der Waals surface area contributed by atoms with E-state index in [0.717, 1.165) is 17.7 Å². The summed E-state index contributed by atoms with van der Waals surface area (Å²) in [6, 6.07) is 9.80. The molecular formula is C17H23ClN4O2. The molecule has 2 aromatic rings. The van der Waals surface area contributed by atoms with E-state index >= 15 is 0 Å². The van der Waals surface area contributed by atoms with Gasteiger partial charge >= 0.3 is 0 Å². The molecular weight excluding hydrogens is 328 g/mol. The van der Waals surface area contributed by atoms with Gasteiger partial charge in [-0.15, -0.1) is 12.4 Å². The van der Waals surface area contributed by atoms with Crippen LogP contribution in [0, 0.1) is 0 Å². The predicted octanol–water partition coefficient (Wildman–Crippen LogP) is 1.35. The van der Waals surface area contributed by atoms with Crippen LogP contribution in [0.3, 0.4) is 0 Å². The van der Waals surface area contributed by atoms with Gasteiger partial charge in [-0.2, -0.15) is 5.10 Å². The number of nitrogens with zero attached hydrogens (tertiary/aromatic N) is 2. The van der Waals surface area contributed by atoms with Crippen LogP contribution in [0.15, 0.2) is 42.7 Å². The van der Waals surface area contributed by atoms with Gasteiger partial charge in [0.15, 0.2) is 0 Å². The van der Waals surface area contributed by atoms with Gasteiger partial charge in [0.1, 0.15) is 6.04 Å². The normalized spacial score (nSPS) is 20.2. The van der Waals surface area contributed by atoms with E-state index in [-0.39, 0.29) is 30.5 Å². The van der Waals surface area contributed by atoms with Crippen molar-refractivity contribution in [1.82, 2.24) is 20.4 Å². The highest BCUT2D eigenvalue weighted by Crippen LogP contribution is 2.08. The molecule has 0 aliphatic carbocycles. The average Bonchev–Trinajstić information content (AvgIpc) is 3.06. The number of morpholine rings is 1. The van der Waals surface area contributed by atoms with Crippen LogP contribution in [0.2, 0.25) is 0 Å². The molecule has 1 aliphatic heterocycles. The first-order chi connectivity index (χ1) is 11.2. The largest absolute Gasteiger partial charge is 0.375 e. The van der Waals surface area contributed by atoms with Gasteiger partial charge in [0.2, 0.25) is 5.91 Å². The van der Waals surface area contributed by atoms with Crippen molar-refractivity contribution in [3.63, 3.8) is 0 Å². The first-order valence-corrected chi connectivity index (χ1v) is 7.90. The van der Waals surface area contributed by atoms with Crippen LogP contribution in [0.5, 0.6) is 0 Å². The zero-order valence-corrected chi connectivity index (χ0v) is 14.5. The van der Waals surface area contributed by atoms with E-state index in [1.807, 2.05) is 36.0 Å². The zero-order valence-electron chi connectivity index (χ0n) is 13.6. The van der Waals surface area contributed by atoms with E-state index in [1.54, 1.807) is 6.20 Å². The predicted molar refractivity (Wildman–Crippen MR) is 94.1 cm³/mol. The number of aromatic nitrogens is 2. The van der Waals surface area contributed by atoms with Gasteiger partial charge in [0, 0.05) is 25.5 Å². The highest BCUT2D eigenvalue weighted by Gasteiger charge is 2.27. The zero-order chi connectivity index (χ0) is 16.1. The third-order valence-electron chi connectivity index (χ3n) is 3.96. The van der Waals surface area contributed by atoms with Crippen molar-refractivity contribution in [3.8, 4) is 0 Å². The standard InChI is InChI=1S/C17H22N4O2.ClH/c1-13-16(18-7-9-23-13)17(22)19-11-14-4-2-5-15(10-14)12-21-8-3-6-20-21;/h2-6,8,10,13,16,18H,7,9,11-12H2,1H3,(H,19,22);1H/t13-,16+;/m1./s1. The van der Waals surface area contributed by atoms with Crippen LogP contribution < -0.4 is 10.6 Å². The summed E-state index contributed by atoms with van der Waals surface area (Å²) >= 11 is 0. The number of nitrogens with one attached hydrogen (secondary N) is 2. The molecule has 1 aromatic heterocycles. The van der Waals surface area contributed by atoms with Gasteiger partial charge in [0.25, 0.3) is 0 Å². The molecule has 0 unspecified atom stereocenters. The molecule has 2 N–H and O–H groups in total. The first-order valence-electron chi connectivity index (χ1n) is 7.90. The maximum Gasteiger partial charge on any atom is 0.240 e. The van der Waals surface area contributed by atoms with Gasteiger partial charge < -0.3 is 15.4 Å². The summed E-state index contributed by atoms with van der Waals surface area (Å²) in [6.45, 7) is 4.52. The smallest absolute Gasteiger partial charge is 0.240 e. The average molecular weight is 351 g/mol. The number of hydrogen-bond donors (Lipinski definition) is 2. The second-order valence-corrected chi connectivity index (χ2v) is 5.75. The van der Waals surface area contributed by atoms with Crippen LogP contribution in [-0.2, 0) is 22.6 Å². The summed E-state index contributed by atoms with van der Waals surface area (Å²) in [5, 5.41) is 10.4. The fourth-order valence-electron chi connectivity index (χ4n) is 2.75. The summed E-state index contributed by atoms with van der Waals surface area (Å²) in [4.78, 5) is 12.3. The Hall–Kier alpha value is -1.89. The topological polar surface area (TPSA) is 68.2 Å². The van der Waals surface area contributed by atoms with Gasteiger partial charge in [-0.1, -0.05) is 24.3 Å². The van der Waals surface area contributed by atoms with Crippen LogP contribution in [0.4, 0.5) is 0 Å². The molecule has 6 nitrogen and oxygen atoms in total. The Morgan fingerprint density at radius 2 is 2.25 bits per heavy atom. The molecule has 3 rings (SSSR count). The lowest BCUT2D eigenvalue weighted by molar-refractivity contribution is -0.129. The molecule has 0 saturated carbocycles. The minimum Gasteiger partial charge on any atom is -0.375 e. The highest BCUT2D eigenvalue weighted by molar-refractivity contribution is 5.85. The highest BCUT2D eigenvalue weighted by atomic mass is 35.5. The number of benzene rings is 1. The molecule has 1 amide bonds. The Labute approximate surface area is 148 Å². The van der Waals surface area contributed by atoms with Crippen LogP contribution in [-0.4, -0.2) is 41.0 Å². The molecule has 1 saturated heterocycles. The summed E-state index contributed by atoms with van der Waals surface area (Å²) in [5.41, 5.74) is 2.24. The Morgan fingerprint density at radius 1 is 1.42 bits per heavy atom. The number of ether oxygens (including phenoxy) is 1. The second kappa shape index (κ2) is 8.82. The summed E-state index contributed by atoms with van der Waals surface area (Å²) in [6.07, 6.45) is 3.60. The number of carbonyl (C=O) groups excluding carboxylic acids is 1. The molecule has 0 spiro atoms. The number of carbonyl (C=O) groups is 1. The van der Waals surface area contributed by atoms with Gasteiger partial charge in [-0.25, -0.2) is 0 Å². The van der Waals surface area contributed by atoms with Crippen molar-refractivity contribution in [1.29, 1.82) is 0 Å². The minimum absolute atomic E-state index is 0. The Kier molecular flexibility index (Phi) is 6.78. The summed E-state index contributed by atoms with van der Waals surface area (Å²) < 4.78 is 7.39. The Morgan fingerprint density at radius 3 is 3.00 bits per heavy atom. The van der Waals surface area contributed by atoms with E-state index in [1.165, 1.54) is 0 Å². The number of halogens is 1. The van der Waals surface area contributed by atoms with Crippen molar-refractivity contribution < 1.29 is 9.53 Å². The number of rotatable bonds is 5. The molecule has 2 atom stereocenters. The molecule has 0 radical (unpaired) electrons. The molecule has 2 heterocycles. The third kappa shape index (κ3) is 4.80. The lowest BCUT2D eigenvalue weighted by Crippen LogP contribution is -2.55. The molecule has 1 aliphatic rings. The van der Waals surface area contributed by atoms with Gasteiger partial charge in [0.05, 0.1) is 19.3 Å². The lowest BCUT2D eigenvalue weighted by Gasteiger charge is -2.29. The van der Waals surface area contributed by atoms with Crippen LogP contribution in [0.1, 0.15) is 18.1 Å². The first kappa shape index (κ1) is 18.4. The second-order valence-electron chi connectivity index (χ2n) is 5.75. The fraction of sp³-hybridized carbons (Fsp3) is 0.412.